The van der Waals surface area contributed by atoms with E-state index in [-0.39, 0.29) is 36.0 Å². The molecule has 306 valence electrons. The molecule has 2 N–H and O–H groups in total. The molecule has 1 saturated carbocycles. The zero-order valence-electron chi connectivity index (χ0n) is 33.3. The van der Waals surface area contributed by atoms with Crippen molar-refractivity contribution in [3.05, 3.63) is 65.6 Å². The summed E-state index contributed by atoms with van der Waals surface area (Å²) in [6, 6.07) is 11.5. The standard InChI is InChI=1S/C42H48N12O5/c1-48(2)40(58)34-17-26-20-44-41(47-37(26)53(34)27-5-3-4-6-27)45-35-10-8-29(21-43-35)50-14-11-25(12-15-50)22-49-23-30-18-31(24-49)52(30)28-7-9-32-33(19-28)39(57)54(38(32)56)51-16-13-36(55)46-42(51)59/h7-10,17,19-21,25,27,30-31H,3-6,11-16,18,22-24H2,1-2H3,(H,46,55,59)(H,43,44,45,47). The number of hydrogen-bond acceptors (Lipinski definition) is 12. The fourth-order valence-corrected chi connectivity index (χ4v) is 10.1. The molecule has 0 spiro atoms. The first-order valence-corrected chi connectivity index (χ1v) is 20.8. The normalized spacial score (nSPS) is 22.6. The van der Waals surface area contributed by atoms with Crippen molar-refractivity contribution in [2.45, 2.75) is 69.5 Å². The Labute approximate surface area is 341 Å². The summed E-state index contributed by atoms with van der Waals surface area (Å²) < 4.78 is 2.12. The van der Waals surface area contributed by atoms with Gasteiger partial charge in [0, 0.05) is 88.6 Å². The summed E-state index contributed by atoms with van der Waals surface area (Å²) >= 11 is 0. The number of piperidine rings is 2. The number of aromatic nitrogens is 4. The van der Waals surface area contributed by atoms with Gasteiger partial charge in [0.15, 0.2) is 0 Å². The monoisotopic (exact) mass is 800 g/mol. The molecule has 17 heteroatoms. The van der Waals surface area contributed by atoms with Crippen LogP contribution in [-0.2, 0) is 4.79 Å². The summed E-state index contributed by atoms with van der Waals surface area (Å²) in [6.45, 7) is 4.86. The lowest BCUT2D eigenvalue weighted by Gasteiger charge is -2.58. The fourth-order valence-electron chi connectivity index (χ4n) is 10.1. The molecule has 6 amide bonds. The Morgan fingerprint density at radius 2 is 1.59 bits per heavy atom. The highest BCUT2D eigenvalue weighted by Gasteiger charge is 2.47. The molecule has 2 atom stereocenters. The molecule has 1 aromatic carbocycles. The van der Waals surface area contributed by atoms with Gasteiger partial charge in [-0.05, 0) is 74.4 Å². The Morgan fingerprint density at radius 1 is 0.847 bits per heavy atom. The lowest BCUT2D eigenvalue weighted by Crippen LogP contribution is -2.69. The number of nitrogens with zero attached hydrogens (tertiary/aromatic N) is 10. The number of rotatable bonds is 9. The van der Waals surface area contributed by atoms with Crippen LogP contribution in [0.3, 0.4) is 0 Å². The third-order valence-corrected chi connectivity index (χ3v) is 13.1. The molecular formula is C42H48N12O5. The molecule has 6 fully saturated rings. The van der Waals surface area contributed by atoms with Gasteiger partial charge < -0.3 is 24.6 Å². The number of urea groups is 1. The molecule has 7 aliphatic rings. The third kappa shape index (κ3) is 6.60. The molecule has 2 bridgehead atoms. The van der Waals surface area contributed by atoms with Crippen LogP contribution >= 0.6 is 0 Å². The van der Waals surface area contributed by atoms with Crippen LogP contribution < -0.4 is 20.4 Å². The number of anilines is 4. The van der Waals surface area contributed by atoms with Gasteiger partial charge in [-0.3, -0.25) is 29.4 Å². The minimum absolute atomic E-state index is 0.0219. The molecule has 0 radical (unpaired) electrons. The van der Waals surface area contributed by atoms with Crippen LogP contribution in [0.25, 0.3) is 11.0 Å². The summed E-state index contributed by atoms with van der Waals surface area (Å²) in [7, 11) is 3.56. The number of hydrogen-bond donors (Lipinski definition) is 2. The molecule has 59 heavy (non-hydrogen) atoms. The average Bonchev–Trinajstić information content (AvgIpc) is 3.95. The van der Waals surface area contributed by atoms with Crippen LogP contribution in [0.5, 0.6) is 0 Å². The van der Waals surface area contributed by atoms with E-state index in [0.717, 1.165) is 110 Å². The number of hydrazine groups is 1. The van der Waals surface area contributed by atoms with Gasteiger partial charge in [0.05, 0.1) is 29.6 Å². The summed E-state index contributed by atoms with van der Waals surface area (Å²) in [5.74, 6) is 0.174. The Kier molecular flexibility index (Phi) is 9.22. The first-order valence-electron chi connectivity index (χ1n) is 20.8. The van der Waals surface area contributed by atoms with Gasteiger partial charge in [-0.15, -0.1) is 0 Å². The number of carbonyl (C=O) groups excluding carboxylic acids is 5. The number of pyridine rings is 1. The van der Waals surface area contributed by atoms with Crippen molar-refractivity contribution in [2.75, 3.05) is 68.5 Å². The van der Waals surface area contributed by atoms with Gasteiger partial charge in [0.1, 0.15) is 17.2 Å². The molecule has 3 aromatic heterocycles. The summed E-state index contributed by atoms with van der Waals surface area (Å²) in [5.41, 5.74) is 4.00. The van der Waals surface area contributed by atoms with Crippen molar-refractivity contribution in [1.82, 2.24) is 44.7 Å². The maximum Gasteiger partial charge on any atom is 0.343 e. The number of benzene rings is 1. The predicted molar refractivity (Wildman–Crippen MR) is 218 cm³/mol. The summed E-state index contributed by atoms with van der Waals surface area (Å²) in [6.07, 6.45) is 11.4. The number of imide groups is 2. The van der Waals surface area contributed by atoms with Crippen molar-refractivity contribution >= 4 is 63.8 Å². The Balaban J connectivity index is 0.726. The van der Waals surface area contributed by atoms with Crippen molar-refractivity contribution in [2.24, 2.45) is 5.92 Å². The minimum Gasteiger partial charge on any atom is -0.370 e. The van der Waals surface area contributed by atoms with Crippen molar-refractivity contribution < 1.29 is 24.0 Å². The largest absolute Gasteiger partial charge is 0.370 e. The van der Waals surface area contributed by atoms with Gasteiger partial charge in [-0.2, -0.15) is 9.99 Å². The SMILES string of the molecule is CN(C)C(=O)c1cc2cnc(Nc3ccc(N4CCC(CN5CC6CC(C5)N6c5ccc6c(c5)C(=O)N(N5CCC(=O)NC5=O)C6=O)CC4)cn3)nc2n1C1CCCC1. The van der Waals surface area contributed by atoms with E-state index in [2.05, 4.69) is 41.0 Å². The first-order chi connectivity index (χ1) is 28.6. The smallest absolute Gasteiger partial charge is 0.343 e. The van der Waals surface area contributed by atoms with Gasteiger partial charge in [-0.1, -0.05) is 12.8 Å². The summed E-state index contributed by atoms with van der Waals surface area (Å²) in [5, 5.41) is 8.22. The number of carbonyl (C=O) groups is 5. The van der Waals surface area contributed by atoms with Gasteiger partial charge >= 0.3 is 6.03 Å². The molecule has 4 aromatic rings. The van der Waals surface area contributed by atoms with E-state index >= 15 is 0 Å². The zero-order chi connectivity index (χ0) is 40.5. The lowest BCUT2D eigenvalue weighted by atomic mass is 9.85. The van der Waals surface area contributed by atoms with Crippen LogP contribution in [0.15, 0.2) is 48.8 Å². The highest BCUT2D eigenvalue weighted by Crippen LogP contribution is 2.40. The Bertz CT molecular complexity index is 2350. The molecule has 11 rings (SSSR count). The minimum atomic E-state index is -0.763. The lowest BCUT2D eigenvalue weighted by molar-refractivity contribution is -0.122. The number of nitrogens with one attached hydrogen (secondary N) is 2. The molecule has 1 aliphatic carbocycles. The molecule has 9 heterocycles. The first kappa shape index (κ1) is 37.2. The topological polar surface area (TPSA) is 172 Å². The van der Waals surface area contributed by atoms with Gasteiger partial charge in [-0.25, -0.2) is 19.8 Å². The van der Waals surface area contributed by atoms with E-state index in [4.69, 9.17) is 9.97 Å². The van der Waals surface area contributed by atoms with Gasteiger partial charge in [0.25, 0.3) is 17.7 Å². The second kappa shape index (κ2) is 14.6. The highest BCUT2D eigenvalue weighted by atomic mass is 16.2. The van der Waals surface area contributed by atoms with E-state index in [1.54, 1.807) is 37.3 Å². The zero-order valence-corrected chi connectivity index (χ0v) is 33.3. The van der Waals surface area contributed by atoms with E-state index in [9.17, 15) is 24.0 Å². The van der Waals surface area contributed by atoms with Crippen LogP contribution in [0, 0.1) is 5.92 Å². The van der Waals surface area contributed by atoms with Crippen LogP contribution in [0.1, 0.15) is 88.6 Å². The fraction of sp³-hybridized carbons (Fsp3) is 0.476. The maximum atomic E-state index is 13.4. The quantitative estimate of drug-likeness (QED) is 0.234. The molecule has 2 unspecified atom stereocenters. The second-order valence-electron chi connectivity index (χ2n) is 17.0. The highest BCUT2D eigenvalue weighted by molar-refractivity contribution is 6.22. The molecule has 6 aliphatic heterocycles. The summed E-state index contributed by atoms with van der Waals surface area (Å²) in [4.78, 5) is 86.8. The average molecular weight is 801 g/mol. The number of amides is 6. The predicted octanol–water partition coefficient (Wildman–Crippen LogP) is 4.02. The third-order valence-electron chi connectivity index (χ3n) is 13.1. The van der Waals surface area contributed by atoms with Crippen molar-refractivity contribution in [1.29, 1.82) is 0 Å². The molecule has 17 nitrogen and oxygen atoms in total. The molecular weight excluding hydrogens is 753 g/mol. The van der Waals surface area contributed by atoms with Crippen LogP contribution in [0.4, 0.5) is 27.9 Å². The van der Waals surface area contributed by atoms with E-state index in [1.165, 1.54) is 0 Å². The Hall–Kier alpha value is -6.10. The molecule has 5 saturated heterocycles. The van der Waals surface area contributed by atoms with Gasteiger partial charge in [0.2, 0.25) is 11.9 Å². The Morgan fingerprint density at radius 3 is 2.31 bits per heavy atom. The van der Waals surface area contributed by atoms with Crippen LogP contribution in [0.2, 0.25) is 0 Å². The van der Waals surface area contributed by atoms with E-state index < -0.39 is 23.8 Å². The maximum absolute atomic E-state index is 13.4. The second-order valence-corrected chi connectivity index (χ2v) is 17.0. The van der Waals surface area contributed by atoms with E-state index in [1.807, 2.05) is 24.4 Å². The number of piperazine rings is 1. The number of fused-ring (bicyclic) bond motifs is 4. The van der Waals surface area contributed by atoms with Crippen molar-refractivity contribution in [3.8, 4) is 0 Å². The van der Waals surface area contributed by atoms with Crippen LogP contribution in [-0.4, -0.2) is 134 Å². The van der Waals surface area contributed by atoms with Crippen molar-refractivity contribution in [3.63, 3.8) is 0 Å². The van der Waals surface area contributed by atoms with E-state index in [0.29, 0.717) is 35.5 Å².